The van der Waals surface area contributed by atoms with Crippen molar-refractivity contribution < 1.29 is 18.0 Å². The van der Waals surface area contributed by atoms with Crippen molar-refractivity contribution >= 4 is 43.7 Å². The molecule has 2 aliphatic rings. The van der Waals surface area contributed by atoms with Gasteiger partial charge in [-0.3, -0.25) is 9.59 Å². The van der Waals surface area contributed by atoms with Crippen LogP contribution < -0.4 is 0 Å². The largest absolute Gasteiger partial charge is 0.340 e. The summed E-state index contributed by atoms with van der Waals surface area (Å²) < 4.78 is 27.5. The maximum absolute atomic E-state index is 13.0. The second-order valence-electron chi connectivity index (χ2n) is 7.15. The predicted octanol–water partition coefficient (Wildman–Crippen LogP) is 2.23. The number of hydrogen-bond acceptors (Lipinski definition) is 5. The summed E-state index contributed by atoms with van der Waals surface area (Å²) in [6, 6.07) is 12.8. The first kappa shape index (κ1) is 20.2. The van der Waals surface area contributed by atoms with Gasteiger partial charge in [-0.05, 0) is 22.9 Å². The fraction of sp³-hybridized carbons (Fsp3) is 0.400. The van der Waals surface area contributed by atoms with E-state index >= 15 is 0 Å². The number of thioether (sulfide) groups is 1. The second kappa shape index (κ2) is 8.33. The van der Waals surface area contributed by atoms with Crippen LogP contribution in [0.4, 0.5) is 4.79 Å². The van der Waals surface area contributed by atoms with Gasteiger partial charge in [-0.15, -0.1) is 0 Å². The molecule has 9 heteroatoms. The van der Waals surface area contributed by atoms with Gasteiger partial charge in [0, 0.05) is 51.4 Å². The number of fused-ring (bicyclic) bond motifs is 1. The van der Waals surface area contributed by atoms with Crippen LogP contribution in [0.5, 0.6) is 0 Å². The molecule has 2 saturated heterocycles. The standard InChI is InChI=1S/C20H23N3O4S2/c24-19(7-8-22-13-14-28-20(22)25)21-9-11-23(12-10-21)29(26,27)18-6-5-16-3-1-2-4-17(16)15-18/h1-6,15H,7-14H2. The first-order chi connectivity index (χ1) is 13.9. The first-order valence-corrected chi connectivity index (χ1v) is 12.1. The molecule has 7 nitrogen and oxygen atoms in total. The summed E-state index contributed by atoms with van der Waals surface area (Å²) >= 11 is 1.28. The molecule has 0 spiro atoms. The Labute approximate surface area is 174 Å². The molecule has 29 heavy (non-hydrogen) atoms. The Morgan fingerprint density at radius 1 is 0.966 bits per heavy atom. The van der Waals surface area contributed by atoms with Gasteiger partial charge in [0.25, 0.3) is 5.24 Å². The molecule has 0 aliphatic carbocycles. The van der Waals surface area contributed by atoms with E-state index in [1.807, 2.05) is 30.3 Å². The lowest BCUT2D eigenvalue weighted by atomic mass is 10.1. The summed E-state index contributed by atoms with van der Waals surface area (Å²) in [5.74, 6) is 0.746. The summed E-state index contributed by atoms with van der Waals surface area (Å²) in [7, 11) is -3.60. The number of benzene rings is 2. The van der Waals surface area contributed by atoms with Crippen molar-refractivity contribution in [2.24, 2.45) is 0 Å². The van der Waals surface area contributed by atoms with Gasteiger partial charge in [0.05, 0.1) is 4.90 Å². The van der Waals surface area contributed by atoms with E-state index in [4.69, 9.17) is 0 Å². The molecule has 0 saturated carbocycles. The Balaban J connectivity index is 1.36. The van der Waals surface area contributed by atoms with Gasteiger partial charge in [-0.2, -0.15) is 4.31 Å². The second-order valence-corrected chi connectivity index (χ2v) is 10.1. The third-order valence-electron chi connectivity index (χ3n) is 5.39. The molecule has 2 heterocycles. The average molecular weight is 434 g/mol. The van der Waals surface area contributed by atoms with E-state index in [1.54, 1.807) is 21.9 Å². The quantitative estimate of drug-likeness (QED) is 0.723. The van der Waals surface area contributed by atoms with E-state index in [1.165, 1.54) is 16.1 Å². The van der Waals surface area contributed by atoms with Crippen LogP contribution in [-0.2, 0) is 14.8 Å². The van der Waals surface area contributed by atoms with Gasteiger partial charge in [0.2, 0.25) is 15.9 Å². The molecule has 0 aromatic heterocycles. The number of carbonyl (C=O) groups excluding carboxylic acids is 2. The summed E-state index contributed by atoms with van der Waals surface area (Å²) in [5, 5.41) is 1.91. The lowest BCUT2D eigenvalue weighted by molar-refractivity contribution is -0.132. The van der Waals surface area contributed by atoms with Gasteiger partial charge >= 0.3 is 0 Å². The molecule has 2 aromatic carbocycles. The van der Waals surface area contributed by atoms with Crippen LogP contribution in [0.25, 0.3) is 10.8 Å². The minimum atomic E-state index is -3.60. The van der Waals surface area contributed by atoms with Gasteiger partial charge in [-0.25, -0.2) is 8.42 Å². The lowest BCUT2D eigenvalue weighted by Gasteiger charge is -2.34. The highest BCUT2D eigenvalue weighted by Gasteiger charge is 2.30. The molecular formula is C20H23N3O4S2. The highest BCUT2D eigenvalue weighted by molar-refractivity contribution is 8.13. The molecule has 0 unspecified atom stereocenters. The van der Waals surface area contributed by atoms with Crippen LogP contribution in [0, 0.1) is 0 Å². The minimum Gasteiger partial charge on any atom is -0.340 e. The first-order valence-electron chi connectivity index (χ1n) is 9.63. The van der Waals surface area contributed by atoms with E-state index in [0.717, 1.165) is 16.5 Å². The van der Waals surface area contributed by atoms with Crippen LogP contribution in [0.1, 0.15) is 6.42 Å². The zero-order valence-electron chi connectivity index (χ0n) is 16.0. The SMILES string of the molecule is O=C(CCN1CCSC1=O)N1CCN(S(=O)(=O)c2ccc3ccccc3c2)CC1. The number of nitrogens with zero attached hydrogens (tertiary/aromatic N) is 3. The molecule has 0 radical (unpaired) electrons. The monoisotopic (exact) mass is 433 g/mol. The molecule has 0 bridgehead atoms. The Bertz CT molecular complexity index is 1030. The van der Waals surface area contributed by atoms with Gasteiger partial charge in [0.15, 0.2) is 0 Å². The fourth-order valence-corrected chi connectivity index (χ4v) is 5.98. The molecule has 0 atom stereocenters. The van der Waals surface area contributed by atoms with Gasteiger partial charge in [0.1, 0.15) is 0 Å². The van der Waals surface area contributed by atoms with Crippen molar-refractivity contribution in [1.29, 1.82) is 0 Å². The number of hydrogen-bond donors (Lipinski definition) is 0. The van der Waals surface area contributed by atoms with Crippen molar-refractivity contribution in [3.63, 3.8) is 0 Å². The number of piperazine rings is 1. The van der Waals surface area contributed by atoms with E-state index in [0.29, 0.717) is 26.2 Å². The molecule has 4 rings (SSSR count). The topological polar surface area (TPSA) is 78.0 Å². The predicted molar refractivity (Wildman–Crippen MR) is 113 cm³/mol. The number of amides is 2. The van der Waals surface area contributed by atoms with Crippen LogP contribution in [0.15, 0.2) is 47.4 Å². The highest BCUT2D eigenvalue weighted by Crippen LogP contribution is 2.23. The highest BCUT2D eigenvalue weighted by atomic mass is 32.2. The van der Waals surface area contributed by atoms with E-state index in [2.05, 4.69) is 0 Å². The zero-order valence-corrected chi connectivity index (χ0v) is 17.6. The third-order valence-corrected chi connectivity index (χ3v) is 8.18. The maximum Gasteiger partial charge on any atom is 0.281 e. The lowest BCUT2D eigenvalue weighted by Crippen LogP contribution is -2.50. The fourth-order valence-electron chi connectivity index (χ4n) is 3.67. The number of sulfonamides is 1. The zero-order chi connectivity index (χ0) is 20.4. The van der Waals surface area contributed by atoms with Crippen LogP contribution in [0.3, 0.4) is 0 Å². The smallest absolute Gasteiger partial charge is 0.281 e. The third kappa shape index (κ3) is 4.26. The molecule has 2 aromatic rings. The van der Waals surface area contributed by atoms with E-state index in [-0.39, 0.29) is 35.6 Å². The maximum atomic E-state index is 13.0. The van der Waals surface area contributed by atoms with E-state index < -0.39 is 10.0 Å². The Hall–Kier alpha value is -2.10. The molecule has 2 aliphatic heterocycles. The Morgan fingerprint density at radius 3 is 2.38 bits per heavy atom. The van der Waals surface area contributed by atoms with Crippen molar-refractivity contribution in [2.75, 3.05) is 45.0 Å². The van der Waals surface area contributed by atoms with Crippen LogP contribution >= 0.6 is 11.8 Å². The molecule has 0 N–H and O–H groups in total. The molecule has 154 valence electrons. The Kier molecular flexibility index (Phi) is 5.80. The van der Waals surface area contributed by atoms with Crippen LogP contribution in [0.2, 0.25) is 0 Å². The van der Waals surface area contributed by atoms with E-state index in [9.17, 15) is 18.0 Å². The number of carbonyl (C=O) groups is 2. The summed E-state index contributed by atoms with van der Waals surface area (Å²) in [4.78, 5) is 27.7. The summed E-state index contributed by atoms with van der Waals surface area (Å²) in [5.41, 5.74) is 0. The summed E-state index contributed by atoms with van der Waals surface area (Å²) in [6.07, 6.45) is 0.281. The molecule has 2 fully saturated rings. The van der Waals surface area contributed by atoms with Crippen LogP contribution in [-0.4, -0.2) is 78.7 Å². The van der Waals surface area contributed by atoms with Gasteiger partial charge in [-0.1, -0.05) is 42.1 Å². The average Bonchev–Trinajstić information content (AvgIpc) is 3.16. The number of rotatable bonds is 5. The minimum absolute atomic E-state index is 0.0301. The van der Waals surface area contributed by atoms with Crippen molar-refractivity contribution in [2.45, 2.75) is 11.3 Å². The molecule has 2 amide bonds. The van der Waals surface area contributed by atoms with Gasteiger partial charge < -0.3 is 9.80 Å². The van der Waals surface area contributed by atoms with Crippen molar-refractivity contribution in [3.05, 3.63) is 42.5 Å². The van der Waals surface area contributed by atoms with Crippen molar-refractivity contribution in [1.82, 2.24) is 14.1 Å². The molecular weight excluding hydrogens is 410 g/mol. The summed E-state index contributed by atoms with van der Waals surface area (Å²) in [6.45, 7) is 2.41. The normalized spacial score (nSPS) is 18.6. The Morgan fingerprint density at radius 2 is 1.69 bits per heavy atom. The van der Waals surface area contributed by atoms with Crippen molar-refractivity contribution in [3.8, 4) is 0 Å².